The van der Waals surface area contributed by atoms with Crippen molar-refractivity contribution in [2.45, 2.75) is 83.0 Å². The summed E-state index contributed by atoms with van der Waals surface area (Å²) in [6.07, 6.45) is 10.7. The number of fused-ring (bicyclic) bond motifs is 1. The minimum atomic E-state index is 0. The van der Waals surface area contributed by atoms with Crippen molar-refractivity contribution < 1.29 is 0 Å². The summed E-state index contributed by atoms with van der Waals surface area (Å²) in [4.78, 5) is 19.4. The van der Waals surface area contributed by atoms with E-state index >= 15 is 0 Å². The Balaban J connectivity index is 0.00000240. The Hall–Kier alpha value is -1.10. The fourth-order valence-corrected chi connectivity index (χ4v) is 4.92. The van der Waals surface area contributed by atoms with Gasteiger partial charge in [0.1, 0.15) is 5.82 Å². The molecule has 164 valence electrons. The van der Waals surface area contributed by atoms with Gasteiger partial charge in [-0.1, -0.05) is 12.8 Å². The van der Waals surface area contributed by atoms with Crippen molar-refractivity contribution in [3.8, 4) is 0 Å². The molecule has 2 aliphatic heterocycles. The summed E-state index contributed by atoms with van der Waals surface area (Å²) in [5.41, 5.74) is 0.0511. The van der Waals surface area contributed by atoms with Gasteiger partial charge in [0.15, 0.2) is 5.96 Å². The molecule has 1 saturated carbocycles. The topological polar surface area (TPSA) is 79.5 Å². The van der Waals surface area contributed by atoms with Crippen LogP contribution in [0.5, 0.6) is 0 Å². The highest BCUT2D eigenvalue weighted by Gasteiger charge is 2.30. The van der Waals surface area contributed by atoms with Crippen molar-refractivity contribution >= 4 is 29.9 Å². The molecule has 4 rings (SSSR count). The maximum absolute atomic E-state index is 12.4. The van der Waals surface area contributed by atoms with Crippen LogP contribution in [-0.4, -0.2) is 64.0 Å². The number of likely N-dealkylation sites (tertiary alicyclic amines) is 1. The number of halogens is 1. The maximum atomic E-state index is 12.4. The molecule has 8 nitrogen and oxygen atoms in total. The van der Waals surface area contributed by atoms with Crippen molar-refractivity contribution in [1.29, 1.82) is 0 Å². The van der Waals surface area contributed by atoms with E-state index in [4.69, 9.17) is 0 Å². The van der Waals surface area contributed by atoms with E-state index in [1.807, 2.05) is 11.6 Å². The quantitative estimate of drug-likeness (QED) is 0.259. The van der Waals surface area contributed by atoms with Crippen LogP contribution >= 0.6 is 24.0 Å². The van der Waals surface area contributed by atoms with Gasteiger partial charge in [0.05, 0.1) is 0 Å². The Morgan fingerprint density at radius 2 is 2.00 bits per heavy atom. The number of aliphatic imine (C=N–C) groups is 1. The third-order valence-corrected chi connectivity index (χ3v) is 6.50. The third kappa shape index (κ3) is 5.53. The normalized spacial score (nSPS) is 23.1. The average Bonchev–Trinajstić information content (AvgIpc) is 3.45. The first-order chi connectivity index (χ1) is 13.7. The van der Waals surface area contributed by atoms with E-state index in [9.17, 15) is 4.79 Å². The number of hydrogen-bond acceptors (Lipinski definition) is 4. The van der Waals surface area contributed by atoms with Gasteiger partial charge < -0.3 is 10.6 Å². The summed E-state index contributed by atoms with van der Waals surface area (Å²) in [5.74, 6) is 1.82. The number of aryl methyl sites for hydroxylation is 2. The fraction of sp³-hybridized carbons (Fsp3) is 0.850. The lowest BCUT2D eigenvalue weighted by atomic mass is 10.2. The molecule has 1 unspecified atom stereocenters. The highest BCUT2D eigenvalue weighted by Crippen LogP contribution is 2.26. The number of rotatable bonds is 6. The zero-order valence-electron chi connectivity index (χ0n) is 17.6. The zero-order valence-corrected chi connectivity index (χ0v) is 19.9. The lowest BCUT2D eigenvalue weighted by molar-refractivity contribution is 0.242. The predicted octanol–water partition coefficient (Wildman–Crippen LogP) is 1.57. The van der Waals surface area contributed by atoms with Crippen LogP contribution in [0.1, 0.15) is 57.2 Å². The first kappa shape index (κ1) is 22.6. The van der Waals surface area contributed by atoms with Crippen molar-refractivity contribution in [1.82, 2.24) is 29.9 Å². The van der Waals surface area contributed by atoms with Crippen molar-refractivity contribution in [2.24, 2.45) is 4.99 Å². The van der Waals surface area contributed by atoms with E-state index in [0.29, 0.717) is 12.6 Å². The van der Waals surface area contributed by atoms with Crippen LogP contribution in [0.3, 0.4) is 0 Å². The zero-order chi connectivity index (χ0) is 19.3. The van der Waals surface area contributed by atoms with Crippen LogP contribution in [0.2, 0.25) is 0 Å². The Labute approximate surface area is 190 Å². The Kier molecular flexibility index (Phi) is 8.40. The fourth-order valence-electron chi connectivity index (χ4n) is 4.92. The van der Waals surface area contributed by atoms with E-state index < -0.39 is 0 Å². The Morgan fingerprint density at radius 3 is 2.76 bits per heavy atom. The average molecular weight is 517 g/mol. The van der Waals surface area contributed by atoms with Gasteiger partial charge >= 0.3 is 5.69 Å². The van der Waals surface area contributed by atoms with Gasteiger partial charge in [-0.25, -0.2) is 9.48 Å². The summed E-state index contributed by atoms with van der Waals surface area (Å²) in [6, 6.07) is 1.29. The molecule has 29 heavy (non-hydrogen) atoms. The van der Waals surface area contributed by atoms with Crippen molar-refractivity contribution in [2.75, 3.05) is 26.7 Å². The number of nitrogens with zero attached hydrogens (tertiary/aromatic N) is 5. The van der Waals surface area contributed by atoms with Gasteiger partial charge in [0, 0.05) is 58.3 Å². The first-order valence-electron chi connectivity index (χ1n) is 11.1. The second-order valence-corrected chi connectivity index (χ2v) is 8.45. The molecule has 9 heteroatoms. The smallest absolute Gasteiger partial charge is 0.345 e. The summed E-state index contributed by atoms with van der Waals surface area (Å²) >= 11 is 0. The van der Waals surface area contributed by atoms with Gasteiger partial charge in [0.2, 0.25) is 0 Å². The van der Waals surface area contributed by atoms with E-state index in [2.05, 4.69) is 25.6 Å². The number of hydrogen-bond donors (Lipinski definition) is 2. The molecule has 1 aliphatic carbocycles. The molecule has 1 saturated heterocycles. The molecular weight excluding hydrogens is 481 g/mol. The largest absolute Gasteiger partial charge is 0.356 e. The van der Waals surface area contributed by atoms with Gasteiger partial charge in [0.25, 0.3) is 0 Å². The molecule has 0 aromatic carbocycles. The number of guanidine groups is 1. The SMILES string of the molecule is CN=C(NCCCn1nc2n(c1=O)CCCC2)NC1CCN(C2CCCC2)C1.I. The Morgan fingerprint density at radius 1 is 1.17 bits per heavy atom. The monoisotopic (exact) mass is 517 g/mol. The molecular formula is C20H36IN7O. The minimum Gasteiger partial charge on any atom is -0.356 e. The van der Waals surface area contributed by atoms with Crippen LogP contribution in [0, 0.1) is 0 Å². The molecule has 0 bridgehead atoms. The molecule has 0 amide bonds. The van der Waals surface area contributed by atoms with Crippen molar-refractivity contribution in [3.05, 3.63) is 16.3 Å². The molecule has 2 fully saturated rings. The van der Waals surface area contributed by atoms with Crippen LogP contribution < -0.4 is 16.3 Å². The van der Waals surface area contributed by atoms with E-state index in [1.54, 1.807) is 4.68 Å². The molecule has 0 spiro atoms. The highest BCUT2D eigenvalue weighted by atomic mass is 127. The van der Waals surface area contributed by atoms with Gasteiger partial charge in [-0.15, -0.1) is 24.0 Å². The Bertz CT molecular complexity index is 738. The van der Waals surface area contributed by atoms with Crippen molar-refractivity contribution in [3.63, 3.8) is 0 Å². The first-order valence-corrected chi connectivity index (χ1v) is 11.1. The van der Waals surface area contributed by atoms with E-state index in [1.165, 1.54) is 38.6 Å². The van der Waals surface area contributed by atoms with Crippen LogP contribution in [0.15, 0.2) is 9.79 Å². The summed E-state index contributed by atoms with van der Waals surface area (Å²) in [5, 5.41) is 11.5. The molecule has 1 aromatic rings. The molecule has 0 radical (unpaired) electrons. The minimum absolute atomic E-state index is 0. The van der Waals surface area contributed by atoms with Gasteiger partial charge in [-0.3, -0.25) is 14.5 Å². The van der Waals surface area contributed by atoms with Gasteiger partial charge in [-0.05, 0) is 38.5 Å². The summed E-state index contributed by atoms with van der Waals surface area (Å²) < 4.78 is 3.47. The lowest BCUT2D eigenvalue weighted by Crippen LogP contribution is -2.45. The second-order valence-electron chi connectivity index (χ2n) is 8.45. The second kappa shape index (κ2) is 10.8. The van der Waals surface area contributed by atoms with Crippen LogP contribution in [0.25, 0.3) is 0 Å². The van der Waals surface area contributed by atoms with E-state index in [0.717, 1.165) is 63.1 Å². The molecule has 1 aromatic heterocycles. The summed E-state index contributed by atoms with van der Waals surface area (Å²) in [6.45, 7) is 4.59. The molecule has 3 heterocycles. The van der Waals surface area contributed by atoms with Gasteiger partial charge in [-0.2, -0.15) is 5.10 Å². The number of aromatic nitrogens is 3. The molecule has 3 aliphatic rings. The molecule has 1 atom stereocenters. The number of nitrogens with one attached hydrogen (secondary N) is 2. The van der Waals surface area contributed by atoms with Crippen LogP contribution in [0.4, 0.5) is 0 Å². The standard InChI is InChI=1S/C20H35N7O.HI/c1-21-19(23-16-10-14-25(15-16)17-7-2-3-8-17)22-11-6-13-27-20(28)26-12-5-4-9-18(26)24-27;/h16-17H,2-15H2,1H3,(H2,21,22,23);1H. The lowest BCUT2D eigenvalue weighted by Gasteiger charge is -2.24. The van der Waals surface area contributed by atoms with Crippen LogP contribution in [-0.2, 0) is 19.5 Å². The third-order valence-electron chi connectivity index (χ3n) is 6.50. The maximum Gasteiger partial charge on any atom is 0.345 e. The van der Waals surface area contributed by atoms with E-state index in [-0.39, 0.29) is 29.7 Å². The molecule has 2 N–H and O–H groups in total. The summed E-state index contributed by atoms with van der Waals surface area (Å²) in [7, 11) is 1.83. The predicted molar refractivity (Wildman–Crippen MR) is 126 cm³/mol. The highest BCUT2D eigenvalue weighted by molar-refractivity contribution is 14.0.